The fourth-order valence-electron chi connectivity index (χ4n) is 5.12. The smallest absolute Gasteiger partial charge is 0.231 e. The molecule has 0 amide bonds. The lowest BCUT2D eigenvalue weighted by molar-refractivity contribution is 0.0261. The second kappa shape index (κ2) is 11.1. The quantitative estimate of drug-likeness (QED) is 0.413. The second-order valence-corrected chi connectivity index (χ2v) is 9.99. The van der Waals surface area contributed by atoms with E-state index < -0.39 is 0 Å². The van der Waals surface area contributed by atoms with Crippen molar-refractivity contribution in [2.75, 3.05) is 51.6 Å². The molecule has 0 saturated carbocycles. The first-order valence-electron chi connectivity index (χ1n) is 13.0. The van der Waals surface area contributed by atoms with Crippen LogP contribution < -0.4 is 24.3 Å². The summed E-state index contributed by atoms with van der Waals surface area (Å²) in [6.07, 6.45) is 5.56. The van der Waals surface area contributed by atoms with Crippen LogP contribution in [0.4, 0.5) is 11.4 Å². The number of nitrogens with zero attached hydrogens (tertiary/aromatic N) is 3. The number of nitrogens with one attached hydrogen (secondary N) is 1. The van der Waals surface area contributed by atoms with Gasteiger partial charge in [-0.3, -0.25) is 9.88 Å². The molecule has 1 aromatic heterocycles. The van der Waals surface area contributed by atoms with E-state index in [0.29, 0.717) is 75.7 Å². The van der Waals surface area contributed by atoms with Crippen LogP contribution in [0.25, 0.3) is 10.9 Å². The normalized spacial score (nSPS) is 17.5. The van der Waals surface area contributed by atoms with E-state index in [-0.39, 0.29) is 12.9 Å². The lowest BCUT2D eigenvalue weighted by Gasteiger charge is -2.25. The van der Waals surface area contributed by atoms with Crippen LogP contribution in [0.5, 0.6) is 23.0 Å². The Morgan fingerprint density at radius 3 is 2.79 bits per heavy atom. The Bertz CT molecular complexity index is 1370. The molecular weight excluding hydrogens is 508 g/mol. The molecule has 4 heterocycles. The topological polar surface area (TPSA) is 98.1 Å². The molecule has 3 aliphatic rings. The highest BCUT2D eigenvalue weighted by Gasteiger charge is 2.25. The SMILES string of the molecule is N#Cc1cnc2cc(OCCN3CCCC3)cc(OC3CCOCC3)c2c1Nc1c(Cl)ccc2c1OCO2. The predicted molar refractivity (Wildman–Crippen MR) is 143 cm³/mol. The molecule has 198 valence electrons. The number of rotatable bonds is 8. The van der Waals surface area contributed by atoms with Gasteiger partial charge in [0.15, 0.2) is 11.5 Å². The third-order valence-electron chi connectivity index (χ3n) is 7.10. The highest BCUT2D eigenvalue weighted by Crippen LogP contribution is 2.47. The van der Waals surface area contributed by atoms with Crippen LogP contribution in [0, 0.1) is 11.3 Å². The zero-order chi connectivity index (χ0) is 25.9. The van der Waals surface area contributed by atoms with Crippen molar-refractivity contribution in [3.8, 4) is 29.1 Å². The number of ether oxygens (including phenoxy) is 5. The van der Waals surface area contributed by atoms with Crippen molar-refractivity contribution in [2.45, 2.75) is 31.8 Å². The van der Waals surface area contributed by atoms with Gasteiger partial charge in [0.05, 0.1) is 40.4 Å². The molecule has 38 heavy (non-hydrogen) atoms. The highest BCUT2D eigenvalue weighted by atomic mass is 35.5. The largest absolute Gasteiger partial charge is 0.492 e. The van der Waals surface area contributed by atoms with Gasteiger partial charge in [-0.2, -0.15) is 5.26 Å². The van der Waals surface area contributed by atoms with Gasteiger partial charge in [-0.1, -0.05) is 11.6 Å². The van der Waals surface area contributed by atoms with Gasteiger partial charge in [-0.25, -0.2) is 0 Å². The summed E-state index contributed by atoms with van der Waals surface area (Å²) in [5, 5.41) is 14.5. The van der Waals surface area contributed by atoms with Gasteiger partial charge in [0.25, 0.3) is 0 Å². The minimum absolute atomic E-state index is 0.0216. The number of hydrogen-bond acceptors (Lipinski definition) is 9. The van der Waals surface area contributed by atoms with E-state index >= 15 is 0 Å². The lowest BCUT2D eigenvalue weighted by Crippen LogP contribution is -2.26. The summed E-state index contributed by atoms with van der Waals surface area (Å²) in [5.41, 5.74) is 2.06. The number of likely N-dealkylation sites (tertiary alicyclic amines) is 1. The maximum atomic E-state index is 10.00. The molecule has 10 heteroatoms. The minimum Gasteiger partial charge on any atom is -0.492 e. The van der Waals surface area contributed by atoms with Crippen LogP contribution in [0.2, 0.25) is 5.02 Å². The molecule has 0 atom stereocenters. The van der Waals surface area contributed by atoms with Gasteiger partial charge < -0.3 is 29.0 Å². The number of benzene rings is 2. The molecule has 2 aromatic carbocycles. The molecular formula is C28H29ClN4O5. The Morgan fingerprint density at radius 1 is 1.13 bits per heavy atom. The molecule has 0 aliphatic carbocycles. The van der Waals surface area contributed by atoms with Gasteiger partial charge >= 0.3 is 0 Å². The summed E-state index contributed by atoms with van der Waals surface area (Å²) in [6.45, 7) is 5.08. The first-order chi connectivity index (χ1) is 18.7. The number of aromatic nitrogens is 1. The molecule has 0 unspecified atom stereocenters. The standard InChI is InChI=1S/C28H29ClN4O5/c29-21-3-4-23-28(37-17-36-23)27(21)32-26-18(15-30)16-31-22-13-20(35-12-9-33-7-1-2-8-33)14-24(25(22)26)38-19-5-10-34-11-6-19/h3-4,13-14,16,19H,1-2,5-12,17H2,(H,31,32). The number of halogens is 1. The van der Waals surface area contributed by atoms with Crippen LogP contribution in [-0.4, -0.2) is 62.2 Å². The maximum absolute atomic E-state index is 10.00. The summed E-state index contributed by atoms with van der Waals surface area (Å²) in [6, 6.07) is 9.53. The first kappa shape index (κ1) is 24.9. The molecule has 2 fully saturated rings. The second-order valence-electron chi connectivity index (χ2n) is 9.58. The Labute approximate surface area is 226 Å². The molecule has 0 radical (unpaired) electrons. The molecule has 2 saturated heterocycles. The van der Waals surface area contributed by atoms with Crippen LogP contribution in [0.15, 0.2) is 30.5 Å². The van der Waals surface area contributed by atoms with Crippen molar-refractivity contribution in [3.63, 3.8) is 0 Å². The zero-order valence-electron chi connectivity index (χ0n) is 21.0. The molecule has 3 aromatic rings. The average molecular weight is 537 g/mol. The van der Waals surface area contributed by atoms with E-state index in [1.54, 1.807) is 18.3 Å². The fraction of sp³-hybridized carbons (Fsp3) is 0.429. The maximum Gasteiger partial charge on any atom is 0.231 e. The predicted octanol–water partition coefficient (Wildman–Crippen LogP) is 5.26. The number of anilines is 2. The Morgan fingerprint density at radius 2 is 1.97 bits per heavy atom. The summed E-state index contributed by atoms with van der Waals surface area (Å²) >= 11 is 6.57. The Hall–Kier alpha value is -3.45. The molecule has 3 aliphatic heterocycles. The minimum atomic E-state index is -0.0216. The fourth-order valence-corrected chi connectivity index (χ4v) is 5.31. The summed E-state index contributed by atoms with van der Waals surface area (Å²) in [7, 11) is 0. The van der Waals surface area contributed by atoms with Crippen LogP contribution >= 0.6 is 11.6 Å². The van der Waals surface area contributed by atoms with Crippen molar-refractivity contribution in [1.29, 1.82) is 5.26 Å². The van der Waals surface area contributed by atoms with Crippen molar-refractivity contribution < 1.29 is 23.7 Å². The van der Waals surface area contributed by atoms with Gasteiger partial charge in [0.1, 0.15) is 36.0 Å². The van der Waals surface area contributed by atoms with Crippen LogP contribution in [-0.2, 0) is 4.74 Å². The average Bonchev–Trinajstić information content (AvgIpc) is 3.63. The van der Waals surface area contributed by atoms with Crippen molar-refractivity contribution in [3.05, 3.63) is 41.0 Å². The summed E-state index contributed by atoms with van der Waals surface area (Å²) < 4.78 is 29.5. The van der Waals surface area contributed by atoms with Crippen molar-refractivity contribution in [1.82, 2.24) is 9.88 Å². The highest BCUT2D eigenvalue weighted by molar-refractivity contribution is 6.34. The van der Waals surface area contributed by atoms with E-state index in [1.807, 2.05) is 12.1 Å². The Kier molecular flexibility index (Phi) is 7.27. The van der Waals surface area contributed by atoms with Crippen molar-refractivity contribution in [2.24, 2.45) is 0 Å². The monoisotopic (exact) mass is 536 g/mol. The molecule has 6 rings (SSSR count). The Balaban J connectivity index is 1.40. The van der Waals surface area contributed by atoms with Crippen LogP contribution in [0.1, 0.15) is 31.2 Å². The number of pyridine rings is 1. The number of nitriles is 1. The van der Waals surface area contributed by atoms with Gasteiger partial charge in [-0.05, 0) is 38.1 Å². The van der Waals surface area contributed by atoms with E-state index in [0.717, 1.165) is 32.5 Å². The van der Waals surface area contributed by atoms with Gasteiger partial charge in [-0.15, -0.1) is 0 Å². The van der Waals surface area contributed by atoms with E-state index in [1.165, 1.54) is 12.8 Å². The molecule has 1 N–H and O–H groups in total. The summed E-state index contributed by atoms with van der Waals surface area (Å²) in [5.74, 6) is 2.36. The van der Waals surface area contributed by atoms with Gasteiger partial charge in [0, 0.05) is 37.7 Å². The van der Waals surface area contributed by atoms with Gasteiger partial charge in [0.2, 0.25) is 6.79 Å². The molecule has 0 bridgehead atoms. The third-order valence-corrected chi connectivity index (χ3v) is 7.42. The first-order valence-corrected chi connectivity index (χ1v) is 13.4. The third kappa shape index (κ3) is 5.12. The number of fused-ring (bicyclic) bond motifs is 2. The van der Waals surface area contributed by atoms with E-state index in [2.05, 4.69) is 21.3 Å². The van der Waals surface area contributed by atoms with E-state index in [9.17, 15) is 5.26 Å². The van der Waals surface area contributed by atoms with E-state index in [4.69, 9.17) is 35.3 Å². The summed E-state index contributed by atoms with van der Waals surface area (Å²) in [4.78, 5) is 7.01. The molecule has 0 spiro atoms. The van der Waals surface area contributed by atoms with Crippen molar-refractivity contribution >= 4 is 33.9 Å². The lowest BCUT2D eigenvalue weighted by atomic mass is 10.1. The van der Waals surface area contributed by atoms with Crippen LogP contribution in [0.3, 0.4) is 0 Å². The molecule has 9 nitrogen and oxygen atoms in total. The number of hydrogen-bond donors (Lipinski definition) is 1. The zero-order valence-corrected chi connectivity index (χ0v) is 21.8.